The predicted molar refractivity (Wildman–Crippen MR) is 123 cm³/mol. The van der Waals surface area contributed by atoms with E-state index >= 15 is 0 Å². The van der Waals surface area contributed by atoms with E-state index < -0.39 is 45.5 Å². The molecule has 1 aliphatic rings. The average Bonchev–Trinajstić information content (AvgIpc) is 2.76. The number of fused-ring (bicyclic) bond motifs is 2. The van der Waals surface area contributed by atoms with Gasteiger partial charge in [0, 0.05) is 34.3 Å². The fraction of sp³-hybridized carbons (Fsp3) is 0. The van der Waals surface area contributed by atoms with Crippen LogP contribution in [0, 0.1) is 30.3 Å². The fourth-order valence-corrected chi connectivity index (χ4v) is 5.96. The van der Waals surface area contributed by atoms with Gasteiger partial charge in [-0.3, -0.25) is 30.3 Å². The van der Waals surface area contributed by atoms with Crippen molar-refractivity contribution in [3.63, 3.8) is 0 Å². The number of hydrogen-bond acceptors (Lipinski definition) is 11. The lowest BCUT2D eigenvalue weighted by atomic mass is 10.3. The van der Waals surface area contributed by atoms with Crippen molar-refractivity contribution in [2.24, 2.45) is 0 Å². The van der Waals surface area contributed by atoms with Crippen LogP contribution in [0.4, 0.5) is 17.1 Å². The molecule has 0 spiro atoms. The highest BCUT2D eigenvalue weighted by Gasteiger charge is 2.42. The molecule has 0 saturated carbocycles. The molecule has 0 unspecified atom stereocenters. The predicted octanol–water partition coefficient (Wildman–Crippen LogP) is 6.83. The SMILES string of the molecule is O=[N+]([O-])c1ccc(OP2(=O)Oc3c(cc(Cl)cc3[N+](=O)[O-])Sc3cc(Cl)cc([N+](=O)[O-])c3O2)cc1. The monoisotopic (exact) mass is 559 g/mol. The first kappa shape index (κ1) is 24.5. The molecule has 13 nitrogen and oxygen atoms in total. The molecular formula is C18H8Cl2N3O10PS. The highest BCUT2D eigenvalue weighted by Crippen LogP contribution is 2.60. The first-order chi connectivity index (χ1) is 16.5. The Morgan fingerprint density at radius 1 is 0.771 bits per heavy atom. The van der Waals surface area contributed by atoms with E-state index in [4.69, 9.17) is 36.8 Å². The van der Waals surface area contributed by atoms with Gasteiger partial charge in [-0.05, 0) is 24.3 Å². The van der Waals surface area contributed by atoms with E-state index in [2.05, 4.69) is 0 Å². The van der Waals surface area contributed by atoms with Crippen molar-refractivity contribution in [3.05, 3.63) is 88.9 Å². The Morgan fingerprint density at radius 2 is 1.23 bits per heavy atom. The molecule has 0 atom stereocenters. The highest BCUT2D eigenvalue weighted by molar-refractivity contribution is 7.99. The summed E-state index contributed by atoms with van der Waals surface area (Å²) < 4.78 is 29.8. The zero-order valence-corrected chi connectivity index (χ0v) is 19.9. The van der Waals surface area contributed by atoms with Gasteiger partial charge in [-0.25, -0.2) is 0 Å². The Kier molecular flexibility index (Phi) is 6.47. The lowest BCUT2D eigenvalue weighted by Gasteiger charge is -2.24. The number of nitro benzene ring substituents is 3. The zero-order chi connectivity index (χ0) is 25.5. The Bertz CT molecular complexity index is 1380. The molecule has 17 heteroatoms. The van der Waals surface area contributed by atoms with Crippen molar-refractivity contribution in [2.75, 3.05) is 0 Å². The van der Waals surface area contributed by atoms with Gasteiger partial charge >= 0.3 is 19.2 Å². The minimum absolute atomic E-state index is 0.0298. The second-order valence-electron chi connectivity index (χ2n) is 6.59. The molecule has 35 heavy (non-hydrogen) atoms. The van der Waals surface area contributed by atoms with Gasteiger partial charge in [0.2, 0.25) is 11.5 Å². The van der Waals surface area contributed by atoms with Crippen molar-refractivity contribution in [2.45, 2.75) is 9.79 Å². The number of non-ortho nitro benzene ring substituents is 1. The number of nitro groups is 3. The summed E-state index contributed by atoms with van der Waals surface area (Å²) in [6, 6.07) is 8.62. The van der Waals surface area contributed by atoms with Crippen LogP contribution in [0.2, 0.25) is 10.0 Å². The lowest BCUT2D eigenvalue weighted by molar-refractivity contribution is -0.386. The van der Waals surface area contributed by atoms with Gasteiger partial charge in [0.15, 0.2) is 0 Å². The normalized spacial score (nSPS) is 13.7. The van der Waals surface area contributed by atoms with E-state index in [1.54, 1.807) is 0 Å². The van der Waals surface area contributed by atoms with Gasteiger partial charge < -0.3 is 13.6 Å². The standard InChI is InChI=1S/C18H8Cl2N3O10PS/c19-9-5-13(22(26)27)17-15(7-9)35-16-8-10(20)6-14(23(28)29)18(16)33-34(30,32-17)31-12-3-1-11(2-4-12)21(24)25/h1-8H. The number of hydrogen-bond donors (Lipinski definition) is 0. The van der Waals surface area contributed by atoms with E-state index in [0.29, 0.717) is 0 Å². The summed E-state index contributed by atoms with van der Waals surface area (Å²) in [5, 5.41) is 34.0. The van der Waals surface area contributed by atoms with Crippen LogP contribution < -0.4 is 13.6 Å². The van der Waals surface area contributed by atoms with Crippen LogP contribution in [0.3, 0.4) is 0 Å². The second-order valence-corrected chi connectivity index (χ2v) is 9.99. The Morgan fingerprint density at radius 3 is 1.63 bits per heavy atom. The summed E-state index contributed by atoms with van der Waals surface area (Å²) in [6.07, 6.45) is 0. The Balaban J connectivity index is 1.93. The maximum absolute atomic E-state index is 13.7. The molecule has 0 radical (unpaired) electrons. The summed E-state index contributed by atoms with van der Waals surface area (Å²) in [5.74, 6) is -1.32. The number of halogens is 2. The van der Waals surface area contributed by atoms with E-state index in [0.717, 1.165) is 48.2 Å². The largest absolute Gasteiger partial charge is 0.647 e. The third-order valence-electron chi connectivity index (χ3n) is 4.28. The summed E-state index contributed by atoms with van der Waals surface area (Å²) in [6.45, 7) is 0. The molecule has 180 valence electrons. The molecule has 1 aliphatic heterocycles. The number of nitrogens with zero attached hydrogens (tertiary/aromatic N) is 3. The Labute approximate surface area is 208 Å². The van der Waals surface area contributed by atoms with Crippen molar-refractivity contribution in [1.82, 2.24) is 0 Å². The van der Waals surface area contributed by atoms with Gasteiger partial charge in [0.05, 0.1) is 24.6 Å². The zero-order valence-electron chi connectivity index (χ0n) is 16.7. The minimum Gasteiger partial charge on any atom is -0.386 e. The molecule has 3 aromatic rings. The van der Waals surface area contributed by atoms with Gasteiger partial charge in [-0.2, -0.15) is 4.57 Å². The van der Waals surface area contributed by atoms with Crippen LogP contribution in [0.5, 0.6) is 17.2 Å². The first-order valence-electron chi connectivity index (χ1n) is 9.03. The number of phosphoric acid groups is 1. The summed E-state index contributed by atoms with van der Waals surface area (Å²) in [4.78, 5) is 31.8. The first-order valence-corrected chi connectivity index (χ1v) is 12.1. The maximum atomic E-state index is 13.7. The van der Waals surface area contributed by atoms with E-state index in [9.17, 15) is 34.9 Å². The quantitative estimate of drug-likeness (QED) is 0.182. The van der Waals surface area contributed by atoms with Gasteiger partial charge in [0.25, 0.3) is 5.69 Å². The second kappa shape index (κ2) is 9.23. The number of benzene rings is 3. The van der Waals surface area contributed by atoms with Crippen LogP contribution in [0.15, 0.2) is 58.3 Å². The van der Waals surface area contributed by atoms with Crippen molar-refractivity contribution in [3.8, 4) is 17.2 Å². The van der Waals surface area contributed by atoms with Gasteiger partial charge in [-0.15, -0.1) is 0 Å². The fourth-order valence-electron chi connectivity index (χ4n) is 2.87. The van der Waals surface area contributed by atoms with Crippen LogP contribution in [0.1, 0.15) is 0 Å². The molecule has 3 aromatic carbocycles. The topological polar surface area (TPSA) is 174 Å². The third kappa shape index (κ3) is 5.10. The average molecular weight is 560 g/mol. The van der Waals surface area contributed by atoms with Gasteiger partial charge in [0.1, 0.15) is 5.75 Å². The van der Waals surface area contributed by atoms with Crippen molar-refractivity contribution in [1.29, 1.82) is 0 Å². The van der Waals surface area contributed by atoms with Gasteiger partial charge in [-0.1, -0.05) is 35.0 Å². The smallest absolute Gasteiger partial charge is 0.386 e. The molecule has 1 heterocycles. The Hall–Kier alpha value is -3.58. The molecule has 0 N–H and O–H groups in total. The van der Waals surface area contributed by atoms with Crippen LogP contribution in [-0.4, -0.2) is 14.8 Å². The van der Waals surface area contributed by atoms with E-state index in [1.807, 2.05) is 0 Å². The molecule has 0 bridgehead atoms. The van der Waals surface area contributed by atoms with Crippen molar-refractivity contribution >= 4 is 59.8 Å². The molecule has 4 rings (SSSR count). The molecule has 0 amide bonds. The lowest BCUT2D eigenvalue weighted by Crippen LogP contribution is -2.12. The molecule has 0 fully saturated rings. The van der Waals surface area contributed by atoms with Crippen molar-refractivity contribution < 1.29 is 32.9 Å². The third-order valence-corrected chi connectivity index (χ3v) is 7.01. The maximum Gasteiger partial charge on any atom is 0.647 e. The minimum atomic E-state index is -4.95. The highest BCUT2D eigenvalue weighted by atomic mass is 35.5. The number of rotatable bonds is 5. The van der Waals surface area contributed by atoms with Crippen LogP contribution in [-0.2, 0) is 4.57 Å². The molecular weight excluding hydrogens is 552 g/mol. The molecule has 0 aliphatic carbocycles. The van der Waals surface area contributed by atoms with E-state index in [-0.39, 0.29) is 31.3 Å². The van der Waals surface area contributed by atoms with Crippen LogP contribution in [0.25, 0.3) is 0 Å². The summed E-state index contributed by atoms with van der Waals surface area (Å²) in [7, 11) is -4.95. The van der Waals surface area contributed by atoms with Crippen LogP contribution >= 0.6 is 42.8 Å². The summed E-state index contributed by atoms with van der Waals surface area (Å²) >= 11 is 12.8. The number of phosphoric ester groups is 1. The van der Waals surface area contributed by atoms with E-state index in [1.165, 1.54) is 12.1 Å². The summed E-state index contributed by atoms with van der Waals surface area (Å²) in [5.41, 5.74) is -1.68. The molecule has 0 aromatic heterocycles. The molecule has 0 saturated heterocycles.